The molecule has 1 aromatic rings. The van der Waals surface area contributed by atoms with Gasteiger partial charge in [0.05, 0.1) is 5.70 Å². The Balaban J connectivity index is 1.52. The summed E-state index contributed by atoms with van der Waals surface area (Å²) >= 11 is 0. The van der Waals surface area contributed by atoms with Crippen LogP contribution in [0.25, 0.3) is 0 Å². The van der Waals surface area contributed by atoms with Crippen LogP contribution in [0.15, 0.2) is 65.0 Å². The third kappa shape index (κ3) is 5.32. The Bertz CT molecular complexity index is 970. The Morgan fingerprint density at radius 3 is 2.73 bits per heavy atom. The van der Waals surface area contributed by atoms with Crippen molar-refractivity contribution in [2.45, 2.75) is 51.4 Å². The van der Waals surface area contributed by atoms with Gasteiger partial charge in [0.1, 0.15) is 5.84 Å². The van der Waals surface area contributed by atoms with Gasteiger partial charge in [-0.2, -0.15) is 0 Å². The number of allylic oxidation sites excluding steroid dienone is 1. The number of amidine groups is 1. The van der Waals surface area contributed by atoms with Crippen LogP contribution in [0, 0.1) is 0 Å². The van der Waals surface area contributed by atoms with Crippen LogP contribution in [0.3, 0.4) is 0 Å². The maximum absolute atomic E-state index is 12.7. The van der Waals surface area contributed by atoms with Crippen LogP contribution in [-0.2, 0) is 0 Å². The summed E-state index contributed by atoms with van der Waals surface area (Å²) in [6.45, 7) is 10.2. The molecule has 0 bridgehead atoms. The number of amides is 2. The normalized spacial score (nSPS) is 23.5. The summed E-state index contributed by atoms with van der Waals surface area (Å²) < 4.78 is 0. The number of likely N-dealkylation sites (tertiary alicyclic amines) is 2. The highest BCUT2D eigenvalue weighted by Crippen LogP contribution is 2.34. The number of anilines is 1. The molecule has 1 unspecified atom stereocenters. The van der Waals surface area contributed by atoms with Crippen molar-refractivity contribution in [1.29, 1.82) is 0 Å². The fraction of sp³-hybridized carbons (Fsp3) is 0.481. The Kier molecular flexibility index (Phi) is 7.53. The average Bonchev–Trinajstić information content (AvgIpc) is 3.33. The van der Waals surface area contributed by atoms with Crippen molar-refractivity contribution in [2.75, 3.05) is 38.5 Å². The number of benzene rings is 1. The molecular weight excluding hydrogens is 410 g/mol. The Hall–Kier alpha value is -3.02. The molecule has 3 aliphatic heterocycles. The van der Waals surface area contributed by atoms with E-state index in [0.717, 1.165) is 81.0 Å². The van der Waals surface area contributed by atoms with Crippen molar-refractivity contribution in [3.63, 3.8) is 0 Å². The molecule has 1 aromatic carbocycles. The number of hydrogen-bond donors (Lipinski definition) is 2. The van der Waals surface area contributed by atoms with E-state index in [-0.39, 0.29) is 6.03 Å². The van der Waals surface area contributed by atoms with Gasteiger partial charge in [-0.05, 0) is 67.9 Å². The van der Waals surface area contributed by atoms with E-state index in [9.17, 15) is 4.79 Å². The second kappa shape index (κ2) is 10.7. The monoisotopic (exact) mass is 447 g/mol. The van der Waals surface area contributed by atoms with Gasteiger partial charge in [-0.3, -0.25) is 4.99 Å². The molecule has 0 saturated carbocycles. The van der Waals surface area contributed by atoms with Crippen LogP contribution < -0.4 is 10.6 Å². The van der Waals surface area contributed by atoms with E-state index in [1.54, 1.807) is 0 Å². The summed E-state index contributed by atoms with van der Waals surface area (Å²) in [7, 11) is 1.82. The largest absolute Gasteiger partial charge is 0.370 e. The molecule has 6 nitrogen and oxygen atoms in total. The van der Waals surface area contributed by atoms with E-state index in [1.807, 2.05) is 24.2 Å². The Morgan fingerprint density at radius 1 is 1.18 bits per heavy atom. The fourth-order valence-corrected chi connectivity index (χ4v) is 5.11. The van der Waals surface area contributed by atoms with Gasteiger partial charge in [-0.15, -0.1) is 0 Å². The maximum Gasteiger partial charge on any atom is 0.321 e. The Labute approximate surface area is 198 Å². The van der Waals surface area contributed by atoms with Crippen LogP contribution in [0.2, 0.25) is 0 Å². The van der Waals surface area contributed by atoms with E-state index in [1.165, 1.54) is 17.7 Å². The zero-order valence-electron chi connectivity index (χ0n) is 20.1. The van der Waals surface area contributed by atoms with E-state index in [4.69, 9.17) is 0 Å². The number of carbonyl (C=O) groups excluding carboxylic acids is 1. The number of carbonyl (C=O) groups is 1. The zero-order valence-corrected chi connectivity index (χ0v) is 20.1. The molecule has 4 rings (SSSR count). The van der Waals surface area contributed by atoms with Gasteiger partial charge in [-0.1, -0.05) is 25.6 Å². The van der Waals surface area contributed by atoms with Crippen molar-refractivity contribution < 1.29 is 4.79 Å². The van der Waals surface area contributed by atoms with Crippen LogP contribution >= 0.6 is 0 Å². The number of nitrogens with zero attached hydrogens (tertiary/aromatic N) is 3. The summed E-state index contributed by atoms with van der Waals surface area (Å²) in [6.07, 6.45) is 10.7. The van der Waals surface area contributed by atoms with Gasteiger partial charge in [-0.25, -0.2) is 4.79 Å². The number of piperidine rings is 2. The van der Waals surface area contributed by atoms with Gasteiger partial charge < -0.3 is 20.4 Å². The average molecular weight is 448 g/mol. The van der Waals surface area contributed by atoms with Crippen molar-refractivity contribution in [3.8, 4) is 0 Å². The van der Waals surface area contributed by atoms with Gasteiger partial charge in [0.2, 0.25) is 0 Å². The lowest BCUT2D eigenvalue weighted by Gasteiger charge is -2.37. The number of nitrogens with one attached hydrogen (secondary N) is 2. The molecule has 2 amide bonds. The van der Waals surface area contributed by atoms with Crippen LogP contribution in [0.1, 0.15) is 56.9 Å². The van der Waals surface area contributed by atoms with Gasteiger partial charge in [0.15, 0.2) is 0 Å². The van der Waals surface area contributed by atoms with Crippen molar-refractivity contribution in [2.24, 2.45) is 4.99 Å². The van der Waals surface area contributed by atoms with Crippen molar-refractivity contribution in [1.82, 2.24) is 15.1 Å². The lowest BCUT2D eigenvalue weighted by molar-refractivity contribution is 0.200. The van der Waals surface area contributed by atoms with E-state index < -0.39 is 0 Å². The van der Waals surface area contributed by atoms with E-state index in [2.05, 4.69) is 58.3 Å². The number of hydrogen-bond acceptors (Lipinski definition) is 3. The summed E-state index contributed by atoms with van der Waals surface area (Å²) in [6, 6.07) is 8.44. The topological polar surface area (TPSA) is 60.0 Å². The number of rotatable bonds is 5. The number of aliphatic imine (C=N–C) groups is 1. The quantitative estimate of drug-likeness (QED) is 0.648. The second-order valence-electron chi connectivity index (χ2n) is 9.16. The molecule has 0 radical (unpaired) electrons. The molecule has 0 aliphatic carbocycles. The molecule has 2 fully saturated rings. The highest BCUT2D eigenvalue weighted by Gasteiger charge is 2.27. The molecule has 176 valence electrons. The van der Waals surface area contributed by atoms with Crippen LogP contribution in [0.5, 0.6) is 0 Å². The standard InChI is InChI=1S/C27H37N5O/c1-4-20(2)25(24-13-14-29-26(24)28-3)32-17-9-11-22(19-32)21-10-8-12-23(18-21)30-27(33)31-15-6-5-7-16-31/h8,10,12-14,18,22H,2,4-7,9,11,15-17,19H2,1,3H3,(H,28,29)(H,30,33)/b25-24+. The van der Waals surface area contributed by atoms with Gasteiger partial charge >= 0.3 is 6.03 Å². The summed E-state index contributed by atoms with van der Waals surface area (Å²) in [5, 5.41) is 6.38. The summed E-state index contributed by atoms with van der Waals surface area (Å²) in [5.41, 5.74) is 5.65. The van der Waals surface area contributed by atoms with Crippen molar-refractivity contribution in [3.05, 3.63) is 65.5 Å². The molecular formula is C27H37N5O. The first-order chi connectivity index (χ1) is 16.1. The molecule has 3 heterocycles. The zero-order chi connectivity index (χ0) is 23.2. The molecule has 1 atom stereocenters. The first-order valence-corrected chi connectivity index (χ1v) is 12.3. The third-order valence-corrected chi connectivity index (χ3v) is 6.96. The van der Waals surface area contributed by atoms with Crippen LogP contribution in [-0.4, -0.2) is 54.9 Å². The molecule has 0 aromatic heterocycles. The molecule has 33 heavy (non-hydrogen) atoms. The smallest absolute Gasteiger partial charge is 0.321 e. The molecule has 6 heteroatoms. The molecule has 2 saturated heterocycles. The number of urea groups is 1. The van der Waals surface area contributed by atoms with Crippen molar-refractivity contribution >= 4 is 17.6 Å². The van der Waals surface area contributed by atoms with Crippen LogP contribution in [0.4, 0.5) is 10.5 Å². The van der Waals surface area contributed by atoms with E-state index >= 15 is 0 Å². The molecule has 2 N–H and O–H groups in total. The first kappa shape index (κ1) is 23.1. The minimum Gasteiger partial charge on any atom is -0.370 e. The lowest BCUT2D eigenvalue weighted by Crippen LogP contribution is -2.38. The maximum atomic E-state index is 12.7. The predicted octanol–water partition coefficient (Wildman–Crippen LogP) is 5.25. The highest BCUT2D eigenvalue weighted by molar-refractivity contribution is 6.04. The lowest BCUT2D eigenvalue weighted by atomic mass is 9.89. The second-order valence-corrected chi connectivity index (χ2v) is 9.16. The first-order valence-electron chi connectivity index (χ1n) is 12.3. The highest BCUT2D eigenvalue weighted by atomic mass is 16.2. The third-order valence-electron chi connectivity index (χ3n) is 6.96. The summed E-state index contributed by atoms with van der Waals surface area (Å²) in [4.78, 5) is 21.5. The molecule has 0 spiro atoms. The van der Waals surface area contributed by atoms with Gasteiger partial charge in [0, 0.05) is 56.6 Å². The summed E-state index contributed by atoms with van der Waals surface area (Å²) in [5.74, 6) is 1.32. The predicted molar refractivity (Wildman–Crippen MR) is 137 cm³/mol. The minimum absolute atomic E-state index is 0.0234. The Morgan fingerprint density at radius 2 is 1.97 bits per heavy atom. The van der Waals surface area contributed by atoms with E-state index in [0.29, 0.717) is 5.92 Å². The fourth-order valence-electron chi connectivity index (χ4n) is 5.11. The minimum atomic E-state index is 0.0234. The molecule has 3 aliphatic rings. The SMILES string of the molecule is C=C(CC)/C(=C1/C=CNC1=NC)N1CCCC(c2cccc(NC(=O)N3CCCCC3)c2)C1. The van der Waals surface area contributed by atoms with Gasteiger partial charge in [0.25, 0.3) is 0 Å².